The fourth-order valence-electron chi connectivity index (χ4n) is 2.36. The van der Waals surface area contributed by atoms with Crippen molar-refractivity contribution in [2.45, 2.75) is 6.92 Å². The smallest absolute Gasteiger partial charge is 0.262 e. The number of nitrogen functional groups attached to an aromatic ring is 1. The van der Waals surface area contributed by atoms with E-state index in [1.54, 1.807) is 29.8 Å². The summed E-state index contributed by atoms with van der Waals surface area (Å²) in [6.45, 7) is 1.85. The van der Waals surface area contributed by atoms with Crippen molar-refractivity contribution in [2.24, 2.45) is 5.10 Å². The molecule has 0 fully saturated rings. The molecule has 3 rings (SSSR count). The Balaban J connectivity index is 1.56. The van der Waals surface area contributed by atoms with Crippen LogP contribution in [-0.2, 0) is 4.79 Å². The summed E-state index contributed by atoms with van der Waals surface area (Å²) in [4.78, 5) is 16.1. The summed E-state index contributed by atoms with van der Waals surface area (Å²) in [6.07, 6.45) is 1.62. The number of amides is 1. The van der Waals surface area contributed by atoms with Gasteiger partial charge in [-0.25, -0.2) is 4.98 Å². The summed E-state index contributed by atoms with van der Waals surface area (Å²) in [5.41, 5.74) is 11.0. The van der Waals surface area contributed by atoms with Gasteiger partial charge in [-0.15, -0.1) is 11.3 Å². The molecule has 1 heterocycles. The molecule has 0 saturated carbocycles. The Morgan fingerprint density at radius 1 is 1.24 bits per heavy atom. The number of rotatable bonds is 8. The van der Waals surface area contributed by atoms with Gasteiger partial charge in [0.05, 0.1) is 13.3 Å². The van der Waals surface area contributed by atoms with E-state index in [4.69, 9.17) is 15.2 Å². The Morgan fingerprint density at radius 2 is 2.03 bits per heavy atom. The van der Waals surface area contributed by atoms with Crippen LogP contribution >= 0.6 is 11.3 Å². The van der Waals surface area contributed by atoms with Gasteiger partial charge in [0, 0.05) is 11.1 Å². The van der Waals surface area contributed by atoms with Crippen LogP contribution in [-0.4, -0.2) is 30.8 Å². The summed E-state index contributed by atoms with van der Waals surface area (Å²) >= 11 is 1.36. The monoisotopic (exact) mass is 411 g/mol. The Labute approximate surface area is 172 Å². The molecule has 4 N–H and O–H groups in total. The average molecular weight is 411 g/mol. The number of carbonyl (C=O) groups is 1. The molecule has 1 aromatic heterocycles. The summed E-state index contributed by atoms with van der Waals surface area (Å²) in [7, 11) is 1.53. The molecular weight excluding hydrogens is 390 g/mol. The number of hydrazone groups is 1. The van der Waals surface area contributed by atoms with E-state index in [2.05, 4.69) is 20.8 Å². The van der Waals surface area contributed by atoms with Crippen LogP contribution in [0.25, 0.3) is 0 Å². The van der Waals surface area contributed by atoms with E-state index < -0.39 is 0 Å². The minimum Gasteiger partial charge on any atom is -0.493 e. The topological polar surface area (TPSA) is 111 Å². The van der Waals surface area contributed by atoms with E-state index in [0.29, 0.717) is 22.4 Å². The highest BCUT2D eigenvalue weighted by Gasteiger charge is 2.09. The largest absolute Gasteiger partial charge is 0.493 e. The number of carbonyl (C=O) groups excluding carboxylic acids is 1. The zero-order valence-corrected chi connectivity index (χ0v) is 16.8. The molecule has 2 aromatic carbocycles. The lowest BCUT2D eigenvalue weighted by Crippen LogP contribution is -2.20. The van der Waals surface area contributed by atoms with Crippen molar-refractivity contribution in [1.82, 2.24) is 4.98 Å². The van der Waals surface area contributed by atoms with Crippen molar-refractivity contribution in [2.75, 3.05) is 30.2 Å². The van der Waals surface area contributed by atoms with Crippen LogP contribution in [0, 0.1) is 6.92 Å². The van der Waals surface area contributed by atoms with Crippen LogP contribution in [0.4, 0.5) is 16.6 Å². The Bertz CT molecular complexity index is 1000. The van der Waals surface area contributed by atoms with Crippen LogP contribution in [0.3, 0.4) is 0 Å². The third-order valence-electron chi connectivity index (χ3n) is 3.78. The highest BCUT2D eigenvalue weighted by Crippen LogP contribution is 2.27. The predicted molar refractivity (Wildman–Crippen MR) is 116 cm³/mol. The van der Waals surface area contributed by atoms with Crippen LogP contribution in [0.15, 0.2) is 52.9 Å². The Kier molecular flexibility index (Phi) is 6.64. The minimum absolute atomic E-state index is 0.134. The second kappa shape index (κ2) is 9.56. The van der Waals surface area contributed by atoms with Crippen LogP contribution in [0.1, 0.15) is 11.1 Å². The first kappa shape index (κ1) is 20.2. The predicted octanol–water partition coefficient (Wildman–Crippen LogP) is 3.51. The molecule has 0 radical (unpaired) electrons. The number of benzene rings is 2. The number of aryl methyl sites for hydroxylation is 1. The van der Waals surface area contributed by atoms with E-state index in [9.17, 15) is 4.79 Å². The van der Waals surface area contributed by atoms with E-state index in [0.717, 1.165) is 16.8 Å². The van der Waals surface area contributed by atoms with Crippen LogP contribution < -0.4 is 25.9 Å². The van der Waals surface area contributed by atoms with Crippen molar-refractivity contribution in [3.8, 4) is 11.5 Å². The third kappa shape index (κ3) is 5.94. The second-order valence-corrected chi connectivity index (χ2v) is 6.92. The van der Waals surface area contributed by atoms with Gasteiger partial charge in [-0.2, -0.15) is 5.10 Å². The average Bonchev–Trinajstić information content (AvgIpc) is 3.13. The fraction of sp³-hybridized carbons (Fsp3) is 0.150. The number of anilines is 3. The fourth-order valence-corrected chi connectivity index (χ4v) is 2.91. The zero-order valence-electron chi connectivity index (χ0n) is 16.0. The summed E-state index contributed by atoms with van der Waals surface area (Å²) in [5.74, 6) is 1.15. The lowest BCUT2D eigenvalue weighted by atomic mass is 10.2. The first-order valence-corrected chi connectivity index (χ1v) is 9.59. The molecule has 9 heteroatoms. The molecule has 0 unspecified atom stereocenters. The highest BCUT2D eigenvalue weighted by molar-refractivity contribution is 7.14. The van der Waals surface area contributed by atoms with Gasteiger partial charge in [-0.05, 0) is 42.8 Å². The van der Waals surface area contributed by atoms with Crippen LogP contribution in [0.2, 0.25) is 0 Å². The highest BCUT2D eigenvalue weighted by atomic mass is 32.1. The van der Waals surface area contributed by atoms with Gasteiger partial charge in [0.15, 0.2) is 18.1 Å². The normalized spacial score (nSPS) is 10.7. The number of hydrogen-bond donors (Lipinski definition) is 3. The second-order valence-electron chi connectivity index (χ2n) is 6.06. The van der Waals surface area contributed by atoms with Crippen molar-refractivity contribution in [3.05, 3.63) is 59.0 Å². The molecule has 0 bridgehead atoms. The van der Waals surface area contributed by atoms with Gasteiger partial charge in [-0.3, -0.25) is 10.2 Å². The molecule has 0 saturated heterocycles. The maximum atomic E-state index is 12.1. The maximum absolute atomic E-state index is 12.1. The lowest BCUT2D eigenvalue weighted by molar-refractivity contribution is -0.118. The van der Waals surface area contributed by atoms with E-state index >= 15 is 0 Å². The van der Waals surface area contributed by atoms with Gasteiger partial charge in [-0.1, -0.05) is 17.7 Å². The zero-order chi connectivity index (χ0) is 20.6. The molecule has 1 amide bonds. The standard InChI is InChI=1S/C20H21N5O3S/c1-13-3-6-15(7-4-13)23-19(26)11-28-16-8-5-14(9-17(16)27-2)10-22-25-20-24-18(21)12-29-20/h3-10,12H,11,21H2,1-2H3,(H,23,26)(H,24,25). The number of nitrogens with two attached hydrogens (primary N) is 1. The molecular formula is C20H21N5O3S. The Hall–Kier alpha value is -3.59. The van der Waals surface area contributed by atoms with Crippen LogP contribution in [0.5, 0.6) is 11.5 Å². The first-order valence-electron chi connectivity index (χ1n) is 8.71. The molecule has 0 atom stereocenters. The molecule has 29 heavy (non-hydrogen) atoms. The van der Waals surface area contributed by atoms with Crippen molar-refractivity contribution < 1.29 is 14.3 Å². The van der Waals surface area contributed by atoms with Gasteiger partial charge in [0.2, 0.25) is 5.13 Å². The third-order valence-corrected chi connectivity index (χ3v) is 4.54. The molecule has 150 valence electrons. The lowest BCUT2D eigenvalue weighted by Gasteiger charge is -2.11. The van der Waals surface area contributed by atoms with E-state index in [-0.39, 0.29) is 12.5 Å². The van der Waals surface area contributed by atoms with Gasteiger partial charge in [0.25, 0.3) is 5.91 Å². The van der Waals surface area contributed by atoms with Gasteiger partial charge < -0.3 is 20.5 Å². The summed E-state index contributed by atoms with van der Waals surface area (Å²) in [6, 6.07) is 12.8. The quantitative estimate of drug-likeness (QED) is 0.386. The first-order chi connectivity index (χ1) is 14.0. The minimum atomic E-state index is -0.256. The number of thiazole rings is 1. The van der Waals surface area contributed by atoms with Gasteiger partial charge >= 0.3 is 0 Å². The number of nitrogens with zero attached hydrogens (tertiary/aromatic N) is 2. The SMILES string of the molecule is COc1cc(C=NNc2nc(N)cs2)ccc1OCC(=O)Nc1ccc(C)cc1. The summed E-state index contributed by atoms with van der Waals surface area (Å²) < 4.78 is 11.0. The van der Waals surface area contributed by atoms with Crippen molar-refractivity contribution in [1.29, 1.82) is 0 Å². The maximum Gasteiger partial charge on any atom is 0.262 e. The number of ether oxygens (including phenoxy) is 2. The molecule has 0 spiro atoms. The number of methoxy groups -OCH3 is 1. The summed E-state index contributed by atoms with van der Waals surface area (Å²) in [5, 5.41) is 9.23. The van der Waals surface area contributed by atoms with Crippen molar-refractivity contribution >= 4 is 40.1 Å². The van der Waals surface area contributed by atoms with E-state index in [1.807, 2.05) is 31.2 Å². The molecule has 0 aliphatic heterocycles. The number of aromatic nitrogens is 1. The molecule has 0 aliphatic carbocycles. The molecule has 3 aromatic rings. The van der Waals surface area contributed by atoms with E-state index in [1.165, 1.54) is 18.4 Å². The van der Waals surface area contributed by atoms with Crippen molar-refractivity contribution in [3.63, 3.8) is 0 Å². The number of nitrogens with one attached hydrogen (secondary N) is 2. The number of hydrogen-bond acceptors (Lipinski definition) is 8. The molecule has 0 aliphatic rings. The Morgan fingerprint density at radius 3 is 2.72 bits per heavy atom. The molecule has 8 nitrogen and oxygen atoms in total. The van der Waals surface area contributed by atoms with Gasteiger partial charge in [0.1, 0.15) is 5.82 Å².